The fourth-order valence-corrected chi connectivity index (χ4v) is 5.78. The number of carbonyl (C=O) groups is 1. The molecule has 3 fully saturated rings. The highest BCUT2D eigenvalue weighted by Gasteiger charge is 2.53. The number of carbonyl (C=O) groups excluding carboxylic acids is 1. The Morgan fingerprint density at radius 1 is 1.31 bits per heavy atom. The van der Waals surface area contributed by atoms with E-state index in [4.69, 9.17) is 4.74 Å². The first kappa shape index (κ1) is 17.8. The van der Waals surface area contributed by atoms with Gasteiger partial charge in [-0.05, 0) is 31.0 Å². The van der Waals surface area contributed by atoms with Crippen LogP contribution in [0.15, 0.2) is 24.3 Å². The maximum absolute atomic E-state index is 12.8. The van der Waals surface area contributed by atoms with Crippen LogP contribution in [0.2, 0.25) is 0 Å². The van der Waals surface area contributed by atoms with Crippen LogP contribution in [0.25, 0.3) is 0 Å². The molecule has 0 radical (unpaired) electrons. The Balaban J connectivity index is 1.44. The summed E-state index contributed by atoms with van der Waals surface area (Å²) in [5.41, 5.74) is 1.54. The van der Waals surface area contributed by atoms with Crippen LogP contribution in [0.1, 0.15) is 30.1 Å². The normalized spacial score (nSPS) is 32.6. The van der Waals surface area contributed by atoms with E-state index >= 15 is 0 Å². The fraction of sp³-hybridized carbons (Fsp3) is 0.632. The van der Waals surface area contributed by atoms with Crippen LogP contribution in [0.4, 0.5) is 5.69 Å². The molecule has 1 amide bonds. The summed E-state index contributed by atoms with van der Waals surface area (Å²) in [6, 6.07) is 7.70. The summed E-state index contributed by atoms with van der Waals surface area (Å²) < 4.78 is 29.0. The molecule has 2 heterocycles. The minimum Gasteiger partial charge on any atom is -0.377 e. The second-order valence-electron chi connectivity index (χ2n) is 7.55. The van der Waals surface area contributed by atoms with Gasteiger partial charge in [0.05, 0.1) is 17.6 Å². The van der Waals surface area contributed by atoms with E-state index in [-0.39, 0.29) is 23.5 Å². The van der Waals surface area contributed by atoms with Crippen molar-refractivity contribution in [2.24, 2.45) is 11.8 Å². The van der Waals surface area contributed by atoms with Crippen LogP contribution in [-0.2, 0) is 14.6 Å². The molecule has 0 unspecified atom stereocenters. The summed E-state index contributed by atoms with van der Waals surface area (Å²) in [7, 11) is -2.91. The average molecular weight is 378 g/mol. The minimum absolute atomic E-state index is 0.0507. The molecular weight excluding hydrogens is 352 g/mol. The van der Waals surface area contributed by atoms with E-state index in [1.807, 2.05) is 29.2 Å². The van der Waals surface area contributed by atoms with E-state index in [1.165, 1.54) is 0 Å². The van der Waals surface area contributed by atoms with Crippen molar-refractivity contribution in [3.05, 3.63) is 29.8 Å². The van der Waals surface area contributed by atoms with Crippen molar-refractivity contribution in [2.75, 3.05) is 36.1 Å². The number of fused-ring (bicyclic) bond motifs is 1. The zero-order chi connectivity index (χ0) is 18.3. The van der Waals surface area contributed by atoms with Crippen molar-refractivity contribution < 1.29 is 17.9 Å². The molecule has 1 aliphatic carbocycles. The van der Waals surface area contributed by atoms with Gasteiger partial charge in [0.25, 0.3) is 5.91 Å². The lowest BCUT2D eigenvalue weighted by Crippen LogP contribution is -2.61. The van der Waals surface area contributed by atoms with Gasteiger partial charge < -0.3 is 15.0 Å². The molecule has 2 saturated heterocycles. The highest BCUT2D eigenvalue weighted by molar-refractivity contribution is 7.91. The third-order valence-electron chi connectivity index (χ3n) is 6.12. The number of amides is 1. The Labute approximate surface area is 154 Å². The van der Waals surface area contributed by atoms with E-state index in [9.17, 15) is 13.2 Å². The molecule has 1 aromatic rings. The van der Waals surface area contributed by atoms with Crippen molar-refractivity contribution in [1.82, 2.24) is 5.32 Å². The van der Waals surface area contributed by atoms with Gasteiger partial charge in [-0.25, -0.2) is 8.42 Å². The van der Waals surface area contributed by atoms with Crippen molar-refractivity contribution in [3.63, 3.8) is 0 Å². The number of benzene rings is 1. The maximum Gasteiger partial charge on any atom is 0.251 e. The van der Waals surface area contributed by atoms with Gasteiger partial charge in [-0.3, -0.25) is 4.79 Å². The Morgan fingerprint density at radius 3 is 2.81 bits per heavy atom. The molecule has 7 heteroatoms. The number of sulfone groups is 1. The topological polar surface area (TPSA) is 75.7 Å². The Bertz CT molecular complexity index is 780. The number of nitrogens with zero attached hydrogens (tertiary/aromatic N) is 1. The van der Waals surface area contributed by atoms with Crippen molar-refractivity contribution >= 4 is 21.4 Å². The molecule has 2 aliphatic heterocycles. The lowest BCUT2D eigenvalue weighted by molar-refractivity contribution is -0.0545. The Morgan fingerprint density at radius 2 is 2.08 bits per heavy atom. The molecule has 142 valence electrons. The van der Waals surface area contributed by atoms with Crippen LogP contribution >= 0.6 is 0 Å². The highest BCUT2D eigenvalue weighted by atomic mass is 32.2. The Kier molecular flexibility index (Phi) is 4.69. The summed E-state index contributed by atoms with van der Waals surface area (Å²) in [4.78, 5) is 14.8. The molecule has 1 aromatic carbocycles. The van der Waals surface area contributed by atoms with E-state index in [2.05, 4.69) is 12.2 Å². The number of hydrogen-bond donors (Lipinski definition) is 1. The first-order valence-corrected chi connectivity index (χ1v) is 11.3. The molecule has 3 aliphatic rings. The van der Waals surface area contributed by atoms with Crippen LogP contribution in [0, 0.1) is 11.8 Å². The lowest BCUT2D eigenvalue weighted by Gasteiger charge is -2.47. The van der Waals surface area contributed by atoms with Gasteiger partial charge in [0.15, 0.2) is 9.84 Å². The number of ether oxygens (including phenoxy) is 1. The highest BCUT2D eigenvalue weighted by Crippen LogP contribution is 2.45. The SMILES string of the molecule is CC[C@@H]1[C@@H](NC(=O)c2cccc(N3CCS(=O)(=O)CC3)c2)[C@@H]2CCO[C@H]12. The largest absolute Gasteiger partial charge is 0.377 e. The quantitative estimate of drug-likeness (QED) is 0.859. The zero-order valence-corrected chi connectivity index (χ0v) is 15.9. The van der Waals surface area contributed by atoms with Gasteiger partial charge >= 0.3 is 0 Å². The predicted octanol–water partition coefficient (Wildman–Crippen LogP) is 1.46. The number of hydrogen-bond acceptors (Lipinski definition) is 5. The number of nitrogens with one attached hydrogen (secondary N) is 1. The Hall–Kier alpha value is -1.60. The van der Waals surface area contributed by atoms with Crippen molar-refractivity contribution in [2.45, 2.75) is 31.9 Å². The summed E-state index contributed by atoms with van der Waals surface area (Å²) in [6.07, 6.45) is 2.34. The summed E-state index contributed by atoms with van der Waals surface area (Å²) >= 11 is 0. The third kappa shape index (κ3) is 3.22. The molecule has 4 atom stereocenters. The minimum atomic E-state index is -2.91. The van der Waals surface area contributed by atoms with Gasteiger partial charge in [0.2, 0.25) is 0 Å². The van der Waals surface area contributed by atoms with Crippen LogP contribution in [0.3, 0.4) is 0 Å². The molecule has 0 bridgehead atoms. The zero-order valence-electron chi connectivity index (χ0n) is 15.1. The average Bonchev–Trinajstić information content (AvgIpc) is 3.04. The van der Waals surface area contributed by atoms with Gasteiger partial charge in [-0.1, -0.05) is 13.0 Å². The monoisotopic (exact) mass is 378 g/mol. The fourth-order valence-electron chi connectivity index (χ4n) is 4.58. The van der Waals surface area contributed by atoms with Gasteiger partial charge in [0, 0.05) is 48.8 Å². The maximum atomic E-state index is 12.8. The lowest BCUT2D eigenvalue weighted by atomic mass is 9.65. The summed E-state index contributed by atoms with van der Waals surface area (Å²) in [5, 5.41) is 3.21. The summed E-state index contributed by atoms with van der Waals surface area (Å²) in [6.45, 7) is 3.91. The van der Waals surface area contributed by atoms with Gasteiger partial charge in [-0.15, -0.1) is 0 Å². The molecule has 4 rings (SSSR count). The van der Waals surface area contributed by atoms with Crippen LogP contribution in [-0.4, -0.2) is 57.7 Å². The number of rotatable bonds is 4. The predicted molar refractivity (Wildman–Crippen MR) is 100 cm³/mol. The molecule has 1 saturated carbocycles. The van der Waals surface area contributed by atoms with Gasteiger partial charge in [0.1, 0.15) is 0 Å². The van der Waals surface area contributed by atoms with E-state index in [1.54, 1.807) is 0 Å². The number of anilines is 1. The molecule has 0 aromatic heterocycles. The smallest absolute Gasteiger partial charge is 0.251 e. The van der Waals surface area contributed by atoms with Crippen LogP contribution in [0.5, 0.6) is 0 Å². The van der Waals surface area contributed by atoms with E-state index in [0.717, 1.165) is 25.1 Å². The van der Waals surface area contributed by atoms with Crippen LogP contribution < -0.4 is 10.2 Å². The first-order chi connectivity index (χ1) is 12.5. The summed E-state index contributed by atoms with van der Waals surface area (Å²) in [5.74, 6) is 1.14. The standard InChI is InChI=1S/C19H26N2O4S/c1-2-15-17(16-6-9-25-18(15)16)20-19(22)13-4-3-5-14(12-13)21-7-10-26(23,24)11-8-21/h3-5,12,15-18H,2,6-11H2,1H3,(H,20,22)/t15-,16+,17-,18-/m1/s1. The molecule has 0 spiro atoms. The molecule has 26 heavy (non-hydrogen) atoms. The molecule has 6 nitrogen and oxygen atoms in total. The second-order valence-corrected chi connectivity index (χ2v) is 9.85. The van der Waals surface area contributed by atoms with E-state index < -0.39 is 9.84 Å². The van der Waals surface area contributed by atoms with E-state index in [0.29, 0.717) is 36.6 Å². The first-order valence-electron chi connectivity index (χ1n) is 9.46. The van der Waals surface area contributed by atoms with Crippen molar-refractivity contribution in [1.29, 1.82) is 0 Å². The van der Waals surface area contributed by atoms with Gasteiger partial charge in [-0.2, -0.15) is 0 Å². The second kappa shape index (κ2) is 6.85. The molecular formula is C19H26N2O4S. The molecule has 1 N–H and O–H groups in total. The third-order valence-corrected chi connectivity index (χ3v) is 7.72. The van der Waals surface area contributed by atoms with Crippen molar-refractivity contribution in [3.8, 4) is 0 Å².